The number of amides is 2. The number of nitrogens with zero attached hydrogens (tertiary/aromatic N) is 2. The first kappa shape index (κ1) is 19.0. The zero-order valence-corrected chi connectivity index (χ0v) is 15.9. The summed E-state index contributed by atoms with van der Waals surface area (Å²) in [6.45, 7) is 5.47. The Kier molecular flexibility index (Phi) is 5.64. The predicted molar refractivity (Wildman–Crippen MR) is 110 cm³/mol. The van der Waals surface area contributed by atoms with Crippen LogP contribution in [-0.2, 0) is 4.79 Å². The maximum atomic E-state index is 12.5. The minimum Gasteiger partial charge on any atom is -0.326 e. The zero-order valence-electron chi connectivity index (χ0n) is 15.9. The average Bonchev–Trinajstić information content (AvgIpc) is 2.62. The highest BCUT2D eigenvalue weighted by atomic mass is 16.2. The average molecular weight is 375 g/mol. The Morgan fingerprint density at radius 3 is 2.04 bits per heavy atom. The van der Waals surface area contributed by atoms with Crippen molar-refractivity contribution in [1.82, 2.24) is 9.97 Å². The number of aryl methyl sites for hydroxylation is 2. The summed E-state index contributed by atoms with van der Waals surface area (Å²) >= 11 is 0. The molecule has 1 aromatic heterocycles. The standard InChI is InChI=1S/C21H21N5O2/c1-13-10-14(2)12-18(11-13)25-21-22-9-8-19(26-21)20(28)24-17-6-4-16(5-7-17)23-15(3)27/h4-12H,1-3H3,(H,23,27)(H,24,28)(H,22,25,26). The van der Waals surface area contributed by atoms with Crippen molar-refractivity contribution in [3.05, 3.63) is 71.5 Å². The SMILES string of the molecule is CC(=O)Nc1ccc(NC(=O)c2ccnc(Nc3cc(C)cc(C)c3)n2)cc1. The van der Waals surface area contributed by atoms with Gasteiger partial charge in [-0.15, -0.1) is 0 Å². The molecule has 2 aromatic carbocycles. The summed E-state index contributed by atoms with van der Waals surface area (Å²) in [5, 5.41) is 8.58. The summed E-state index contributed by atoms with van der Waals surface area (Å²) in [6.07, 6.45) is 1.53. The molecule has 1 heterocycles. The second-order valence-corrected chi connectivity index (χ2v) is 6.48. The molecule has 0 aliphatic rings. The predicted octanol–water partition coefficient (Wildman–Crippen LogP) is 4.05. The van der Waals surface area contributed by atoms with E-state index in [1.165, 1.54) is 13.1 Å². The minimum atomic E-state index is -0.349. The maximum Gasteiger partial charge on any atom is 0.274 e. The van der Waals surface area contributed by atoms with Crippen LogP contribution in [0.3, 0.4) is 0 Å². The largest absolute Gasteiger partial charge is 0.326 e. The summed E-state index contributed by atoms with van der Waals surface area (Å²) in [4.78, 5) is 32.0. The van der Waals surface area contributed by atoms with Crippen molar-refractivity contribution in [1.29, 1.82) is 0 Å². The van der Waals surface area contributed by atoms with Gasteiger partial charge in [-0.05, 0) is 67.4 Å². The van der Waals surface area contributed by atoms with E-state index in [9.17, 15) is 9.59 Å². The van der Waals surface area contributed by atoms with Gasteiger partial charge in [-0.2, -0.15) is 0 Å². The topological polar surface area (TPSA) is 96.0 Å². The van der Waals surface area contributed by atoms with Crippen LogP contribution in [0.25, 0.3) is 0 Å². The van der Waals surface area contributed by atoms with E-state index in [1.807, 2.05) is 26.0 Å². The minimum absolute atomic E-state index is 0.151. The first-order chi connectivity index (χ1) is 13.4. The Labute approximate surface area is 163 Å². The molecule has 3 N–H and O–H groups in total. The van der Waals surface area contributed by atoms with Crippen molar-refractivity contribution < 1.29 is 9.59 Å². The highest BCUT2D eigenvalue weighted by molar-refractivity contribution is 6.03. The molecule has 0 atom stereocenters. The summed E-state index contributed by atoms with van der Waals surface area (Å²) in [5.41, 5.74) is 4.61. The Morgan fingerprint density at radius 2 is 1.43 bits per heavy atom. The molecule has 0 saturated heterocycles. The second-order valence-electron chi connectivity index (χ2n) is 6.48. The molecular weight excluding hydrogens is 354 g/mol. The molecule has 28 heavy (non-hydrogen) atoms. The molecule has 3 aromatic rings. The summed E-state index contributed by atoms with van der Waals surface area (Å²) in [7, 11) is 0. The van der Waals surface area contributed by atoms with Crippen molar-refractivity contribution in [2.24, 2.45) is 0 Å². The van der Waals surface area contributed by atoms with Gasteiger partial charge in [0, 0.05) is 30.2 Å². The molecule has 0 aliphatic heterocycles. The van der Waals surface area contributed by atoms with Gasteiger partial charge in [0.1, 0.15) is 5.69 Å². The molecule has 3 rings (SSSR count). The van der Waals surface area contributed by atoms with E-state index >= 15 is 0 Å². The fourth-order valence-electron chi connectivity index (χ4n) is 2.76. The van der Waals surface area contributed by atoms with Crippen LogP contribution < -0.4 is 16.0 Å². The lowest BCUT2D eigenvalue weighted by atomic mass is 10.1. The molecule has 0 aliphatic carbocycles. The molecule has 2 amide bonds. The van der Waals surface area contributed by atoms with Gasteiger partial charge < -0.3 is 16.0 Å². The van der Waals surface area contributed by atoms with Crippen LogP contribution in [0.2, 0.25) is 0 Å². The van der Waals surface area contributed by atoms with E-state index in [4.69, 9.17) is 0 Å². The number of aromatic nitrogens is 2. The molecule has 0 spiro atoms. The molecule has 0 unspecified atom stereocenters. The number of hydrogen-bond acceptors (Lipinski definition) is 5. The lowest BCUT2D eigenvalue weighted by molar-refractivity contribution is -0.114. The number of rotatable bonds is 5. The first-order valence-corrected chi connectivity index (χ1v) is 8.76. The van der Waals surface area contributed by atoms with E-state index in [1.54, 1.807) is 30.3 Å². The van der Waals surface area contributed by atoms with Crippen LogP contribution in [0.4, 0.5) is 23.0 Å². The van der Waals surface area contributed by atoms with Crippen LogP contribution in [0.5, 0.6) is 0 Å². The molecule has 0 saturated carbocycles. The maximum absolute atomic E-state index is 12.5. The normalized spacial score (nSPS) is 10.2. The van der Waals surface area contributed by atoms with Crippen LogP contribution in [-0.4, -0.2) is 21.8 Å². The molecule has 0 fully saturated rings. The molecule has 0 radical (unpaired) electrons. The molecule has 7 nitrogen and oxygen atoms in total. The van der Waals surface area contributed by atoms with Crippen LogP contribution in [0, 0.1) is 13.8 Å². The third kappa shape index (κ3) is 5.14. The van der Waals surface area contributed by atoms with Crippen LogP contribution in [0.15, 0.2) is 54.7 Å². The Morgan fingerprint density at radius 1 is 0.821 bits per heavy atom. The highest BCUT2D eigenvalue weighted by Crippen LogP contribution is 2.18. The third-order valence-electron chi connectivity index (χ3n) is 3.83. The fourth-order valence-corrected chi connectivity index (χ4v) is 2.76. The van der Waals surface area contributed by atoms with E-state index in [2.05, 4.69) is 32.0 Å². The van der Waals surface area contributed by atoms with E-state index in [0.29, 0.717) is 17.3 Å². The number of hydrogen-bond donors (Lipinski definition) is 3. The van der Waals surface area contributed by atoms with Crippen molar-refractivity contribution in [2.75, 3.05) is 16.0 Å². The third-order valence-corrected chi connectivity index (χ3v) is 3.83. The Hall–Kier alpha value is -3.74. The quantitative estimate of drug-likeness (QED) is 0.625. The molecule has 142 valence electrons. The Bertz CT molecular complexity index is 995. The molecule has 0 bridgehead atoms. The lowest BCUT2D eigenvalue weighted by Gasteiger charge is -2.09. The van der Waals surface area contributed by atoms with Crippen molar-refractivity contribution in [3.63, 3.8) is 0 Å². The van der Waals surface area contributed by atoms with Crippen LogP contribution in [0.1, 0.15) is 28.5 Å². The smallest absolute Gasteiger partial charge is 0.274 e. The van der Waals surface area contributed by atoms with Gasteiger partial charge in [-0.1, -0.05) is 6.07 Å². The van der Waals surface area contributed by atoms with Crippen molar-refractivity contribution in [2.45, 2.75) is 20.8 Å². The van der Waals surface area contributed by atoms with E-state index < -0.39 is 0 Å². The van der Waals surface area contributed by atoms with Crippen molar-refractivity contribution >= 4 is 34.8 Å². The zero-order chi connectivity index (χ0) is 20.1. The number of benzene rings is 2. The number of carbonyl (C=O) groups excluding carboxylic acids is 2. The molecular formula is C21H21N5O2. The number of anilines is 4. The van der Waals surface area contributed by atoms with Gasteiger partial charge >= 0.3 is 0 Å². The number of carbonyl (C=O) groups is 2. The van der Waals surface area contributed by atoms with Gasteiger partial charge in [-0.25, -0.2) is 9.97 Å². The van der Waals surface area contributed by atoms with Gasteiger partial charge in [0.25, 0.3) is 5.91 Å². The first-order valence-electron chi connectivity index (χ1n) is 8.76. The van der Waals surface area contributed by atoms with Crippen LogP contribution >= 0.6 is 0 Å². The highest BCUT2D eigenvalue weighted by Gasteiger charge is 2.10. The van der Waals surface area contributed by atoms with Gasteiger partial charge in [0.15, 0.2) is 0 Å². The van der Waals surface area contributed by atoms with Crippen molar-refractivity contribution in [3.8, 4) is 0 Å². The monoisotopic (exact) mass is 375 g/mol. The van der Waals surface area contributed by atoms with E-state index in [0.717, 1.165) is 16.8 Å². The van der Waals surface area contributed by atoms with Gasteiger partial charge in [-0.3, -0.25) is 9.59 Å². The van der Waals surface area contributed by atoms with E-state index in [-0.39, 0.29) is 17.5 Å². The summed E-state index contributed by atoms with van der Waals surface area (Å²) < 4.78 is 0. The Balaban J connectivity index is 1.70. The number of nitrogens with one attached hydrogen (secondary N) is 3. The summed E-state index contributed by atoms with van der Waals surface area (Å²) in [5.74, 6) is -0.154. The lowest BCUT2D eigenvalue weighted by Crippen LogP contribution is -2.15. The second kappa shape index (κ2) is 8.30. The fraction of sp³-hybridized carbons (Fsp3) is 0.143. The van der Waals surface area contributed by atoms with Gasteiger partial charge in [0.05, 0.1) is 0 Å². The molecule has 7 heteroatoms. The summed E-state index contributed by atoms with van der Waals surface area (Å²) in [6, 6.07) is 14.4. The van der Waals surface area contributed by atoms with Gasteiger partial charge in [0.2, 0.25) is 11.9 Å².